The Morgan fingerprint density at radius 1 is 1.09 bits per heavy atom. The molecule has 7 heteroatoms. The molecule has 0 aliphatic carbocycles. The van der Waals surface area contributed by atoms with E-state index in [1.807, 2.05) is 0 Å². The van der Waals surface area contributed by atoms with Gasteiger partial charge in [-0.3, -0.25) is 0 Å². The van der Waals surface area contributed by atoms with Crippen LogP contribution in [-0.2, 0) is 4.74 Å². The van der Waals surface area contributed by atoms with Gasteiger partial charge in [0.25, 0.3) is 0 Å². The largest absolute Gasteiger partial charge is 0.331 e. The standard InChI is InChI=1S/C15H10Cl2F2N2O/c16-10-5-4-9(6-11(10)17)21-7-20-15(22-8-21)14-12(18)2-1-3-13(14)19/h1-7,15H,8H2. The summed E-state index contributed by atoms with van der Waals surface area (Å²) in [5.41, 5.74) is 0.512. The molecular formula is C15H10Cl2F2N2O. The van der Waals surface area contributed by atoms with E-state index in [9.17, 15) is 8.78 Å². The number of benzene rings is 2. The molecule has 0 N–H and O–H groups in total. The predicted molar refractivity (Wildman–Crippen MR) is 82.5 cm³/mol. The third-order valence-electron chi connectivity index (χ3n) is 3.19. The smallest absolute Gasteiger partial charge is 0.183 e. The lowest BCUT2D eigenvalue weighted by atomic mass is 10.1. The van der Waals surface area contributed by atoms with Crippen LogP contribution in [0.15, 0.2) is 41.4 Å². The Bertz CT molecular complexity index is 719. The first-order valence-electron chi connectivity index (χ1n) is 6.37. The number of halogens is 4. The van der Waals surface area contributed by atoms with Gasteiger partial charge in [0.1, 0.15) is 18.4 Å². The molecule has 0 bridgehead atoms. The maximum atomic E-state index is 13.7. The van der Waals surface area contributed by atoms with Gasteiger partial charge in [-0.05, 0) is 30.3 Å². The second-order valence-electron chi connectivity index (χ2n) is 4.62. The maximum absolute atomic E-state index is 13.7. The molecule has 1 aliphatic rings. The van der Waals surface area contributed by atoms with Crippen molar-refractivity contribution in [2.24, 2.45) is 4.99 Å². The van der Waals surface area contributed by atoms with Crippen molar-refractivity contribution in [1.82, 2.24) is 0 Å². The van der Waals surface area contributed by atoms with Crippen molar-refractivity contribution < 1.29 is 13.5 Å². The molecule has 3 nitrogen and oxygen atoms in total. The van der Waals surface area contributed by atoms with Gasteiger partial charge in [0, 0.05) is 5.69 Å². The SMILES string of the molecule is Fc1cccc(F)c1C1N=CN(c2ccc(Cl)c(Cl)c2)CO1. The van der Waals surface area contributed by atoms with Crippen molar-refractivity contribution in [3.63, 3.8) is 0 Å². The molecule has 0 radical (unpaired) electrons. The van der Waals surface area contributed by atoms with Crippen LogP contribution in [0.2, 0.25) is 10.0 Å². The maximum Gasteiger partial charge on any atom is 0.183 e. The lowest BCUT2D eigenvalue weighted by molar-refractivity contribution is 0.0524. The first-order chi connectivity index (χ1) is 10.6. The minimum Gasteiger partial charge on any atom is -0.331 e. The summed E-state index contributed by atoms with van der Waals surface area (Å²) in [6, 6.07) is 8.68. The Kier molecular flexibility index (Phi) is 4.29. The fraction of sp³-hybridized carbons (Fsp3) is 0.133. The van der Waals surface area contributed by atoms with Crippen LogP contribution in [-0.4, -0.2) is 13.1 Å². The quantitative estimate of drug-likeness (QED) is 0.783. The van der Waals surface area contributed by atoms with E-state index in [-0.39, 0.29) is 12.3 Å². The Balaban J connectivity index is 1.84. The highest BCUT2D eigenvalue weighted by Crippen LogP contribution is 2.30. The highest BCUT2D eigenvalue weighted by molar-refractivity contribution is 6.42. The van der Waals surface area contributed by atoms with Crippen LogP contribution in [0, 0.1) is 11.6 Å². The van der Waals surface area contributed by atoms with Crippen LogP contribution in [0.25, 0.3) is 0 Å². The number of ether oxygens (including phenoxy) is 1. The van der Waals surface area contributed by atoms with Crippen molar-refractivity contribution in [2.75, 3.05) is 11.6 Å². The molecule has 2 aromatic rings. The number of hydrogen-bond acceptors (Lipinski definition) is 3. The summed E-state index contributed by atoms with van der Waals surface area (Å²) >= 11 is 11.8. The molecule has 1 aliphatic heterocycles. The van der Waals surface area contributed by atoms with Crippen LogP contribution >= 0.6 is 23.2 Å². The van der Waals surface area contributed by atoms with Crippen molar-refractivity contribution in [3.05, 3.63) is 63.6 Å². The second-order valence-corrected chi connectivity index (χ2v) is 5.43. The van der Waals surface area contributed by atoms with Crippen LogP contribution < -0.4 is 4.90 Å². The van der Waals surface area contributed by atoms with Gasteiger partial charge in [0.05, 0.1) is 21.9 Å². The van der Waals surface area contributed by atoms with Crippen molar-refractivity contribution in [2.45, 2.75) is 6.23 Å². The van der Waals surface area contributed by atoms with Gasteiger partial charge < -0.3 is 9.64 Å². The van der Waals surface area contributed by atoms with E-state index in [0.29, 0.717) is 15.7 Å². The van der Waals surface area contributed by atoms with Gasteiger partial charge in [-0.15, -0.1) is 0 Å². The highest BCUT2D eigenvalue weighted by Gasteiger charge is 2.23. The van der Waals surface area contributed by atoms with Crippen molar-refractivity contribution in [1.29, 1.82) is 0 Å². The van der Waals surface area contributed by atoms with Crippen LogP contribution in [0.5, 0.6) is 0 Å². The number of nitrogens with zero attached hydrogens (tertiary/aromatic N) is 2. The average Bonchev–Trinajstić information content (AvgIpc) is 2.51. The third kappa shape index (κ3) is 2.92. The average molecular weight is 343 g/mol. The summed E-state index contributed by atoms with van der Waals surface area (Å²) in [5, 5.41) is 0.835. The molecule has 114 valence electrons. The van der Waals surface area contributed by atoms with Gasteiger partial charge in [-0.25, -0.2) is 13.8 Å². The molecule has 0 amide bonds. The van der Waals surface area contributed by atoms with Crippen LogP contribution in [0.1, 0.15) is 11.8 Å². The number of rotatable bonds is 2. The topological polar surface area (TPSA) is 24.8 Å². The number of hydrogen-bond donors (Lipinski definition) is 0. The molecule has 22 heavy (non-hydrogen) atoms. The second kappa shape index (κ2) is 6.20. The Morgan fingerprint density at radius 2 is 1.82 bits per heavy atom. The fourth-order valence-electron chi connectivity index (χ4n) is 2.08. The number of anilines is 1. The van der Waals surface area contributed by atoms with Crippen LogP contribution in [0.4, 0.5) is 14.5 Å². The van der Waals surface area contributed by atoms with E-state index in [4.69, 9.17) is 27.9 Å². The van der Waals surface area contributed by atoms with Gasteiger partial charge in [-0.2, -0.15) is 0 Å². The molecule has 1 unspecified atom stereocenters. The minimum atomic E-state index is -1.01. The Hall–Kier alpha value is -1.69. The first kappa shape index (κ1) is 15.2. The van der Waals surface area contributed by atoms with Gasteiger partial charge >= 0.3 is 0 Å². The predicted octanol–water partition coefficient (Wildman–Crippen LogP) is 4.79. The lowest BCUT2D eigenvalue weighted by Crippen LogP contribution is -2.30. The van der Waals surface area contributed by atoms with E-state index in [1.165, 1.54) is 24.5 Å². The molecule has 0 spiro atoms. The van der Waals surface area contributed by atoms with E-state index < -0.39 is 17.9 Å². The Morgan fingerprint density at radius 3 is 2.41 bits per heavy atom. The third-order valence-corrected chi connectivity index (χ3v) is 3.93. The normalized spacial score (nSPS) is 17.8. The summed E-state index contributed by atoms with van der Waals surface area (Å²) in [7, 11) is 0. The zero-order chi connectivity index (χ0) is 15.7. The summed E-state index contributed by atoms with van der Waals surface area (Å²) in [4.78, 5) is 5.70. The van der Waals surface area contributed by atoms with Gasteiger partial charge in [0.2, 0.25) is 0 Å². The van der Waals surface area contributed by atoms with Crippen molar-refractivity contribution >= 4 is 35.2 Å². The molecule has 0 aromatic heterocycles. The van der Waals surface area contributed by atoms with Gasteiger partial charge in [-0.1, -0.05) is 29.3 Å². The van der Waals surface area contributed by atoms with Crippen LogP contribution in [0.3, 0.4) is 0 Å². The Labute approximate surface area is 135 Å². The minimum absolute atomic E-state index is 0.0832. The molecular weight excluding hydrogens is 333 g/mol. The van der Waals surface area contributed by atoms with E-state index in [0.717, 1.165) is 0 Å². The molecule has 0 saturated heterocycles. The van der Waals surface area contributed by atoms with E-state index in [2.05, 4.69) is 4.99 Å². The molecule has 3 rings (SSSR count). The molecule has 1 atom stereocenters. The first-order valence-corrected chi connectivity index (χ1v) is 7.12. The summed E-state index contributed by atoms with van der Waals surface area (Å²) < 4.78 is 32.9. The van der Waals surface area contributed by atoms with Crippen molar-refractivity contribution in [3.8, 4) is 0 Å². The molecule has 0 fully saturated rings. The summed E-state index contributed by atoms with van der Waals surface area (Å²) in [5.74, 6) is -1.38. The lowest BCUT2D eigenvalue weighted by Gasteiger charge is -2.27. The summed E-state index contributed by atoms with van der Waals surface area (Å²) in [6.45, 7) is 0.0832. The van der Waals surface area contributed by atoms with Gasteiger partial charge in [0.15, 0.2) is 6.23 Å². The zero-order valence-corrected chi connectivity index (χ0v) is 12.7. The zero-order valence-electron chi connectivity index (χ0n) is 11.1. The monoisotopic (exact) mass is 342 g/mol. The summed E-state index contributed by atoms with van der Waals surface area (Å²) in [6.07, 6.45) is 0.444. The number of aliphatic imine (C=N–C) groups is 1. The molecule has 2 aromatic carbocycles. The molecule has 1 heterocycles. The van der Waals surface area contributed by atoms with E-state index >= 15 is 0 Å². The van der Waals surface area contributed by atoms with E-state index in [1.54, 1.807) is 23.1 Å². The highest BCUT2D eigenvalue weighted by atomic mass is 35.5. The fourth-order valence-corrected chi connectivity index (χ4v) is 2.37. The molecule has 0 saturated carbocycles.